The molecule has 0 aliphatic heterocycles. The maximum absolute atomic E-state index is 13.5. The molecule has 0 heterocycles. The van der Waals surface area contributed by atoms with Crippen molar-refractivity contribution in [1.29, 1.82) is 0 Å². The molecule has 2 aromatic rings. The normalized spacial score (nSPS) is 28.0. The number of methoxy groups -OCH3 is 1. The van der Waals surface area contributed by atoms with Gasteiger partial charge in [-0.3, -0.25) is 0 Å². The van der Waals surface area contributed by atoms with Crippen LogP contribution in [0.15, 0.2) is 59.5 Å². The molecular formula is C31H42N2O7S. The predicted molar refractivity (Wildman–Crippen MR) is 154 cm³/mol. The van der Waals surface area contributed by atoms with E-state index in [9.17, 15) is 23.4 Å². The fourth-order valence-electron chi connectivity index (χ4n) is 7.10. The van der Waals surface area contributed by atoms with Gasteiger partial charge in [-0.2, -0.15) is 4.31 Å². The van der Waals surface area contributed by atoms with Gasteiger partial charge in [-0.25, -0.2) is 13.2 Å². The number of carbonyl (C=O) groups excluding carboxylic acids is 1. The highest BCUT2D eigenvalue weighted by Gasteiger charge is 2.59. The number of fused-ring (bicyclic) bond motifs is 4. The Morgan fingerprint density at radius 3 is 2.41 bits per heavy atom. The molecule has 0 radical (unpaired) electrons. The van der Waals surface area contributed by atoms with Crippen molar-refractivity contribution >= 4 is 16.1 Å². The fraction of sp³-hybridized carbons (Fsp3) is 0.581. The molecule has 2 bridgehead atoms. The number of carbonyl (C=O) groups is 1. The van der Waals surface area contributed by atoms with E-state index in [0.717, 1.165) is 18.4 Å². The number of rotatable bonds is 13. The number of aliphatic hydroxyl groups excluding tert-OH is 2. The van der Waals surface area contributed by atoms with Gasteiger partial charge in [-0.05, 0) is 85.6 Å². The van der Waals surface area contributed by atoms with E-state index in [0.29, 0.717) is 36.3 Å². The summed E-state index contributed by atoms with van der Waals surface area (Å²) in [5, 5.41) is 24.4. The lowest BCUT2D eigenvalue weighted by Gasteiger charge is -2.31. The van der Waals surface area contributed by atoms with Crippen molar-refractivity contribution in [2.45, 2.75) is 62.2 Å². The van der Waals surface area contributed by atoms with Crippen molar-refractivity contribution in [2.24, 2.45) is 29.6 Å². The summed E-state index contributed by atoms with van der Waals surface area (Å²) in [6, 6.07) is 14.8. The van der Waals surface area contributed by atoms with E-state index in [1.54, 1.807) is 12.1 Å². The van der Waals surface area contributed by atoms with Crippen molar-refractivity contribution in [3.63, 3.8) is 0 Å². The minimum Gasteiger partial charge on any atom is -0.497 e. The SMILES string of the molecule is CCCN(C[C@@H](O)[C@H](Cc1ccccc1)NC(=O)OC1C2CC3CC3C(C2)C1CO)S(=O)(=O)c1ccc(OC)cc1. The summed E-state index contributed by atoms with van der Waals surface area (Å²) in [5.41, 5.74) is 0.891. The minimum atomic E-state index is -3.91. The molecule has 2 aromatic carbocycles. The second kappa shape index (κ2) is 12.7. The maximum Gasteiger partial charge on any atom is 0.407 e. The molecule has 0 spiro atoms. The number of alkyl carbamates (subject to hydrolysis) is 1. The third kappa shape index (κ3) is 6.56. The number of ether oxygens (including phenoxy) is 2. The van der Waals surface area contributed by atoms with Crippen LogP contribution in [0.25, 0.3) is 0 Å². The van der Waals surface area contributed by atoms with Crippen molar-refractivity contribution in [3.05, 3.63) is 60.2 Å². The molecule has 3 N–H and O–H groups in total. The van der Waals surface area contributed by atoms with Crippen molar-refractivity contribution in [3.8, 4) is 5.75 Å². The van der Waals surface area contributed by atoms with Crippen LogP contribution in [-0.2, 0) is 21.2 Å². The topological polar surface area (TPSA) is 125 Å². The predicted octanol–water partition coefficient (Wildman–Crippen LogP) is 3.45. The number of nitrogens with one attached hydrogen (secondary N) is 1. The van der Waals surface area contributed by atoms with Gasteiger partial charge < -0.3 is 25.0 Å². The first-order valence-corrected chi connectivity index (χ1v) is 16.1. The van der Waals surface area contributed by atoms with E-state index < -0.39 is 28.3 Å². The highest BCUT2D eigenvalue weighted by atomic mass is 32.2. The second-order valence-electron chi connectivity index (χ2n) is 11.8. The minimum absolute atomic E-state index is 0.00635. The summed E-state index contributed by atoms with van der Waals surface area (Å²) in [5.74, 6) is 2.47. The molecule has 10 heteroatoms. The molecule has 6 unspecified atom stereocenters. The Bertz CT molecular complexity index is 1270. The average molecular weight is 587 g/mol. The first-order chi connectivity index (χ1) is 19.7. The summed E-state index contributed by atoms with van der Waals surface area (Å²) in [6.45, 7) is 1.88. The summed E-state index contributed by atoms with van der Waals surface area (Å²) in [6.07, 6.45) is 1.88. The molecular weight excluding hydrogens is 544 g/mol. The van der Waals surface area contributed by atoms with E-state index in [1.165, 1.54) is 30.0 Å². The zero-order valence-electron chi connectivity index (χ0n) is 23.8. The lowest BCUT2D eigenvalue weighted by Crippen LogP contribution is -2.51. The molecule has 3 aliphatic carbocycles. The maximum atomic E-state index is 13.5. The Hall–Kier alpha value is -2.66. The van der Waals surface area contributed by atoms with Crippen LogP contribution in [-0.4, -0.2) is 74.1 Å². The Labute approximate surface area is 242 Å². The molecule has 224 valence electrons. The van der Waals surface area contributed by atoms with Gasteiger partial charge in [0.05, 0.1) is 24.2 Å². The quantitative estimate of drug-likeness (QED) is 0.328. The summed E-state index contributed by atoms with van der Waals surface area (Å²) >= 11 is 0. The van der Waals surface area contributed by atoms with Crippen LogP contribution in [0.2, 0.25) is 0 Å². The number of sulfonamides is 1. The number of hydrogen-bond donors (Lipinski definition) is 3. The Kier molecular flexibility index (Phi) is 9.23. The molecule has 1 amide bonds. The Balaban J connectivity index is 1.31. The molecule has 41 heavy (non-hydrogen) atoms. The van der Waals surface area contributed by atoms with Crippen LogP contribution >= 0.6 is 0 Å². The summed E-state index contributed by atoms with van der Waals surface area (Å²) < 4.78 is 39.4. The van der Waals surface area contributed by atoms with Crippen LogP contribution in [0.5, 0.6) is 5.75 Å². The van der Waals surface area contributed by atoms with Crippen molar-refractivity contribution in [1.82, 2.24) is 9.62 Å². The van der Waals surface area contributed by atoms with Crippen LogP contribution < -0.4 is 10.1 Å². The van der Waals surface area contributed by atoms with Gasteiger partial charge in [0, 0.05) is 25.6 Å². The van der Waals surface area contributed by atoms with E-state index in [-0.39, 0.29) is 42.5 Å². The number of nitrogens with zero attached hydrogens (tertiary/aromatic N) is 1. The molecule has 8 atom stereocenters. The highest BCUT2D eigenvalue weighted by molar-refractivity contribution is 7.89. The van der Waals surface area contributed by atoms with E-state index in [4.69, 9.17) is 9.47 Å². The van der Waals surface area contributed by atoms with Gasteiger partial charge in [0.1, 0.15) is 11.9 Å². The van der Waals surface area contributed by atoms with Crippen molar-refractivity contribution in [2.75, 3.05) is 26.8 Å². The van der Waals surface area contributed by atoms with Crippen LogP contribution in [0.4, 0.5) is 4.79 Å². The first-order valence-electron chi connectivity index (χ1n) is 14.7. The van der Waals surface area contributed by atoms with Gasteiger partial charge >= 0.3 is 6.09 Å². The number of amides is 1. The summed E-state index contributed by atoms with van der Waals surface area (Å²) in [4.78, 5) is 13.4. The number of hydrogen-bond acceptors (Lipinski definition) is 7. The Morgan fingerprint density at radius 2 is 1.76 bits per heavy atom. The van der Waals surface area contributed by atoms with E-state index >= 15 is 0 Å². The van der Waals surface area contributed by atoms with Gasteiger partial charge in [-0.15, -0.1) is 0 Å². The summed E-state index contributed by atoms with van der Waals surface area (Å²) in [7, 11) is -2.40. The van der Waals surface area contributed by atoms with Crippen LogP contribution in [0.1, 0.15) is 38.2 Å². The third-order valence-electron chi connectivity index (χ3n) is 9.23. The standard InChI is InChI=1S/C31H42N2O7S/c1-3-13-33(41(37,38)24-11-9-23(39-2)10-12-24)18-29(35)28(14-20-7-5-4-6-8-20)32-31(36)40-30-22-15-21-16-25(21)26(17-22)27(30)19-34/h4-12,21-22,25-30,34-35H,3,13-19H2,1-2H3,(H,32,36)/t21?,22?,25?,26?,27?,28-,29+,30?/m0/s1. The molecule has 0 aromatic heterocycles. The van der Waals surface area contributed by atoms with Crippen LogP contribution in [0, 0.1) is 29.6 Å². The van der Waals surface area contributed by atoms with Gasteiger partial charge in [-0.1, -0.05) is 37.3 Å². The number of aliphatic hydroxyl groups is 2. The van der Waals surface area contributed by atoms with E-state index in [2.05, 4.69) is 5.32 Å². The first kappa shape index (κ1) is 29.8. The van der Waals surface area contributed by atoms with Gasteiger partial charge in [0.15, 0.2) is 0 Å². The average Bonchev–Trinajstić information content (AvgIpc) is 3.71. The molecule has 9 nitrogen and oxygen atoms in total. The number of benzene rings is 2. The van der Waals surface area contributed by atoms with Gasteiger partial charge in [0.2, 0.25) is 10.0 Å². The van der Waals surface area contributed by atoms with Gasteiger partial charge in [0.25, 0.3) is 0 Å². The molecule has 3 saturated carbocycles. The zero-order valence-corrected chi connectivity index (χ0v) is 24.6. The lowest BCUT2D eigenvalue weighted by atomic mass is 9.87. The second-order valence-corrected chi connectivity index (χ2v) is 13.8. The highest BCUT2D eigenvalue weighted by Crippen LogP contribution is 2.62. The lowest BCUT2D eigenvalue weighted by molar-refractivity contribution is 0.0189. The molecule has 5 rings (SSSR count). The zero-order chi connectivity index (χ0) is 29.1. The fourth-order valence-corrected chi connectivity index (χ4v) is 8.65. The Morgan fingerprint density at radius 1 is 1.05 bits per heavy atom. The third-order valence-corrected chi connectivity index (χ3v) is 11.1. The van der Waals surface area contributed by atoms with Crippen molar-refractivity contribution < 1.29 is 32.9 Å². The monoisotopic (exact) mass is 586 g/mol. The van der Waals surface area contributed by atoms with E-state index in [1.807, 2.05) is 37.3 Å². The smallest absolute Gasteiger partial charge is 0.407 e. The molecule has 3 fully saturated rings. The van der Waals surface area contributed by atoms with Crippen LogP contribution in [0.3, 0.4) is 0 Å². The molecule has 3 aliphatic rings. The largest absolute Gasteiger partial charge is 0.497 e. The molecule has 0 saturated heterocycles.